The number of ether oxygens (including phenoxy) is 1. The first-order valence-corrected chi connectivity index (χ1v) is 7.23. The molecule has 6 heteroatoms. The van der Waals surface area contributed by atoms with Gasteiger partial charge in [-0.15, -0.1) is 0 Å². The topological polar surface area (TPSA) is 47.0 Å². The van der Waals surface area contributed by atoms with Crippen LogP contribution in [0.4, 0.5) is 5.82 Å². The van der Waals surface area contributed by atoms with E-state index in [-0.39, 0.29) is 0 Å². The lowest BCUT2D eigenvalue weighted by molar-refractivity contribution is 0.181. The minimum Gasteiger partial charge on any atom is -0.378 e. The summed E-state index contributed by atoms with van der Waals surface area (Å²) in [6, 6.07) is 7.89. The predicted molar refractivity (Wildman–Crippen MR) is 83.1 cm³/mol. The summed E-state index contributed by atoms with van der Waals surface area (Å²) in [6.45, 7) is 0.429. The minimum absolute atomic E-state index is 0.429. The summed E-state index contributed by atoms with van der Waals surface area (Å²) in [5.74, 6) is 1.41. The highest BCUT2D eigenvalue weighted by atomic mass is 79.9. The number of benzene rings is 1. The van der Waals surface area contributed by atoms with E-state index in [1.54, 1.807) is 7.11 Å². The molecule has 0 fully saturated rings. The van der Waals surface area contributed by atoms with Crippen molar-refractivity contribution in [2.45, 2.75) is 6.61 Å². The molecule has 1 aromatic heterocycles. The second kappa shape index (κ2) is 6.45. The summed E-state index contributed by atoms with van der Waals surface area (Å²) in [5, 5.41) is 3.05. The highest BCUT2D eigenvalue weighted by Gasteiger charge is 2.12. The Balaban J connectivity index is 2.54. The Hall–Kier alpha value is -0.980. The number of hydrogen-bond acceptors (Lipinski definition) is 4. The van der Waals surface area contributed by atoms with Gasteiger partial charge in [0.1, 0.15) is 5.82 Å². The van der Waals surface area contributed by atoms with E-state index in [4.69, 9.17) is 4.74 Å². The van der Waals surface area contributed by atoms with Gasteiger partial charge in [0.25, 0.3) is 0 Å². The molecule has 0 aliphatic heterocycles. The molecule has 0 radical (unpaired) electrons. The Labute approximate surface area is 128 Å². The van der Waals surface area contributed by atoms with Crippen molar-refractivity contribution in [2.75, 3.05) is 19.5 Å². The van der Waals surface area contributed by atoms with Crippen LogP contribution >= 0.6 is 31.9 Å². The summed E-state index contributed by atoms with van der Waals surface area (Å²) in [6.07, 6.45) is 0. The number of rotatable bonds is 4. The van der Waals surface area contributed by atoms with Gasteiger partial charge in [-0.3, -0.25) is 0 Å². The molecule has 0 spiro atoms. The van der Waals surface area contributed by atoms with Crippen molar-refractivity contribution >= 4 is 37.7 Å². The van der Waals surface area contributed by atoms with Crippen LogP contribution < -0.4 is 5.32 Å². The lowest BCUT2D eigenvalue weighted by Crippen LogP contribution is -2.04. The monoisotopic (exact) mass is 385 g/mol. The maximum atomic E-state index is 5.17. The standard InChI is InChI=1S/C13H13Br2N3O/c1-16-13-11(15)10(7-19-2)17-12(18-13)8-4-3-5-9(14)6-8/h3-6H,7H2,1-2H3,(H,16,17,18). The fraction of sp³-hybridized carbons (Fsp3) is 0.231. The van der Waals surface area contributed by atoms with Crippen molar-refractivity contribution in [2.24, 2.45) is 0 Å². The summed E-state index contributed by atoms with van der Waals surface area (Å²) in [7, 11) is 3.47. The van der Waals surface area contributed by atoms with Crippen LogP contribution in [0.3, 0.4) is 0 Å². The molecule has 1 heterocycles. The van der Waals surface area contributed by atoms with Gasteiger partial charge in [0.2, 0.25) is 0 Å². The molecular weight excluding hydrogens is 374 g/mol. The van der Waals surface area contributed by atoms with Crippen molar-refractivity contribution in [3.8, 4) is 11.4 Å². The zero-order valence-corrected chi connectivity index (χ0v) is 13.7. The maximum Gasteiger partial charge on any atom is 0.161 e. The van der Waals surface area contributed by atoms with E-state index in [1.165, 1.54) is 0 Å². The Kier molecular flexibility index (Phi) is 4.90. The first-order chi connectivity index (χ1) is 9.15. The third-order valence-electron chi connectivity index (χ3n) is 2.52. The highest BCUT2D eigenvalue weighted by molar-refractivity contribution is 9.11. The predicted octanol–water partition coefficient (Wildman–Crippen LogP) is 3.86. The third-order valence-corrected chi connectivity index (χ3v) is 3.85. The molecule has 0 unspecified atom stereocenters. The van der Waals surface area contributed by atoms with Gasteiger partial charge >= 0.3 is 0 Å². The fourth-order valence-electron chi connectivity index (χ4n) is 1.65. The number of halogens is 2. The Morgan fingerprint density at radius 1 is 1.26 bits per heavy atom. The molecule has 0 saturated heterocycles. The van der Waals surface area contributed by atoms with E-state index in [9.17, 15) is 0 Å². The normalized spacial score (nSPS) is 10.5. The summed E-state index contributed by atoms with van der Waals surface area (Å²) in [5.41, 5.74) is 1.77. The van der Waals surface area contributed by atoms with Crippen LogP contribution in [0.15, 0.2) is 33.2 Å². The summed E-state index contributed by atoms with van der Waals surface area (Å²) >= 11 is 6.94. The second-order valence-corrected chi connectivity index (χ2v) is 5.56. The molecule has 0 amide bonds. The molecule has 2 aromatic rings. The van der Waals surface area contributed by atoms with E-state index in [0.717, 1.165) is 26.0 Å². The number of nitrogens with one attached hydrogen (secondary N) is 1. The van der Waals surface area contributed by atoms with Gasteiger partial charge in [-0.05, 0) is 28.1 Å². The van der Waals surface area contributed by atoms with Crippen LogP contribution in [-0.4, -0.2) is 24.1 Å². The van der Waals surface area contributed by atoms with Crippen molar-refractivity contribution in [1.29, 1.82) is 0 Å². The molecule has 2 rings (SSSR count). The van der Waals surface area contributed by atoms with Gasteiger partial charge in [-0.2, -0.15) is 0 Å². The lowest BCUT2D eigenvalue weighted by Gasteiger charge is -2.10. The lowest BCUT2D eigenvalue weighted by atomic mass is 10.2. The van der Waals surface area contributed by atoms with Gasteiger partial charge in [0.15, 0.2) is 5.82 Å². The minimum atomic E-state index is 0.429. The number of anilines is 1. The average molecular weight is 387 g/mol. The third kappa shape index (κ3) is 3.32. The molecule has 0 atom stereocenters. The van der Waals surface area contributed by atoms with E-state index in [1.807, 2.05) is 31.3 Å². The van der Waals surface area contributed by atoms with E-state index >= 15 is 0 Å². The number of aromatic nitrogens is 2. The molecule has 0 saturated carbocycles. The van der Waals surface area contributed by atoms with Crippen LogP contribution in [0.5, 0.6) is 0 Å². The van der Waals surface area contributed by atoms with Crippen LogP contribution in [0.2, 0.25) is 0 Å². The van der Waals surface area contributed by atoms with Crippen molar-refractivity contribution in [3.63, 3.8) is 0 Å². The Morgan fingerprint density at radius 3 is 2.68 bits per heavy atom. The quantitative estimate of drug-likeness (QED) is 0.866. The molecule has 19 heavy (non-hydrogen) atoms. The molecule has 1 aromatic carbocycles. The van der Waals surface area contributed by atoms with Gasteiger partial charge < -0.3 is 10.1 Å². The molecule has 0 aliphatic carbocycles. The van der Waals surface area contributed by atoms with Crippen molar-refractivity contribution in [3.05, 3.63) is 38.9 Å². The SMILES string of the molecule is CNc1nc(-c2cccc(Br)c2)nc(COC)c1Br. The Bertz CT molecular complexity index is 590. The largest absolute Gasteiger partial charge is 0.378 e. The van der Waals surface area contributed by atoms with Crippen molar-refractivity contribution in [1.82, 2.24) is 9.97 Å². The van der Waals surface area contributed by atoms with Crippen LogP contribution in [0, 0.1) is 0 Å². The molecular formula is C13H13Br2N3O. The van der Waals surface area contributed by atoms with Crippen molar-refractivity contribution < 1.29 is 4.74 Å². The smallest absolute Gasteiger partial charge is 0.161 e. The van der Waals surface area contributed by atoms with E-state index < -0.39 is 0 Å². The maximum absolute atomic E-state index is 5.17. The first-order valence-electron chi connectivity index (χ1n) is 5.64. The van der Waals surface area contributed by atoms with Gasteiger partial charge in [-0.25, -0.2) is 9.97 Å². The second-order valence-electron chi connectivity index (χ2n) is 3.85. The zero-order valence-electron chi connectivity index (χ0n) is 10.6. The molecule has 100 valence electrons. The average Bonchev–Trinajstić information content (AvgIpc) is 2.41. The van der Waals surface area contributed by atoms with Gasteiger partial charge in [0, 0.05) is 24.2 Å². The number of methoxy groups -OCH3 is 1. The Morgan fingerprint density at radius 2 is 2.05 bits per heavy atom. The fourth-order valence-corrected chi connectivity index (χ4v) is 2.54. The van der Waals surface area contributed by atoms with Crippen LogP contribution in [0.1, 0.15) is 5.69 Å². The first kappa shape index (κ1) is 14.4. The van der Waals surface area contributed by atoms with Crippen LogP contribution in [0.25, 0.3) is 11.4 Å². The highest BCUT2D eigenvalue weighted by Crippen LogP contribution is 2.28. The molecule has 4 nitrogen and oxygen atoms in total. The van der Waals surface area contributed by atoms with E-state index in [0.29, 0.717) is 12.4 Å². The number of hydrogen-bond donors (Lipinski definition) is 1. The zero-order chi connectivity index (χ0) is 13.8. The molecule has 0 bridgehead atoms. The number of nitrogens with zero attached hydrogens (tertiary/aromatic N) is 2. The summed E-state index contributed by atoms with van der Waals surface area (Å²) < 4.78 is 6.99. The molecule has 0 aliphatic rings. The van der Waals surface area contributed by atoms with Crippen LogP contribution in [-0.2, 0) is 11.3 Å². The summed E-state index contributed by atoms with van der Waals surface area (Å²) in [4.78, 5) is 9.04. The van der Waals surface area contributed by atoms with E-state index in [2.05, 4.69) is 47.1 Å². The van der Waals surface area contributed by atoms with Gasteiger partial charge in [-0.1, -0.05) is 28.1 Å². The van der Waals surface area contributed by atoms with Gasteiger partial charge in [0.05, 0.1) is 16.8 Å². The molecule has 1 N–H and O–H groups in total.